The molecule has 3 heteroatoms. The molecular formula is C16H25N3. The number of hydrogen-bond donors (Lipinski definition) is 1. The minimum Gasteiger partial charge on any atom is -0.367 e. The largest absolute Gasteiger partial charge is 0.367 e. The van der Waals surface area contributed by atoms with Crippen LogP contribution >= 0.6 is 0 Å². The van der Waals surface area contributed by atoms with E-state index in [9.17, 15) is 0 Å². The number of aromatic nitrogens is 1. The lowest BCUT2D eigenvalue weighted by Crippen LogP contribution is -2.28. The van der Waals surface area contributed by atoms with E-state index in [0.717, 1.165) is 24.1 Å². The summed E-state index contributed by atoms with van der Waals surface area (Å²) in [5.74, 6) is 0.945. The number of rotatable bonds is 7. The van der Waals surface area contributed by atoms with Gasteiger partial charge in [0, 0.05) is 18.6 Å². The molecule has 2 saturated carbocycles. The van der Waals surface area contributed by atoms with E-state index in [1.54, 1.807) is 0 Å². The fourth-order valence-corrected chi connectivity index (χ4v) is 2.76. The molecule has 0 aromatic carbocycles. The van der Waals surface area contributed by atoms with E-state index in [2.05, 4.69) is 40.5 Å². The molecular weight excluding hydrogens is 234 g/mol. The fourth-order valence-electron chi connectivity index (χ4n) is 2.76. The van der Waals surface area contributed by atoms with Gasteiger partial charge in [0.25, 0.3) is 0 Å². The molecule has 0 spiro atoms. The van der Waals surface area contributed by atoms with Gasteiger partial charge in [-0.2, -0.15) is 0 Å². The zero-order valence-corrected chi connectivity index (χ0v) is 12.1. The van der Waals surface area contributed by atoms with Crippen LogP contribution in [-0.4, -0.2) is 24.6 Å². The summed E-state index contributed by atoms with van der Waals surface area (Å²) in [5, 5.41) is 3.32. The fraction of sp³-hybridized carbons (Fsp3) is 0.688. The van der Waals surface area contributed by atoms with Crippen molar-refractivity contribution in [1.82, 2.24) is 10.3 Å². The zero-order valence-electron chi connectivity index (χ0n) is 12.1. The molecule has 3 nitrogen and oxygen atoms in total. The molecule has 3 rings (SSSR count). The molecule has 1 heterocycles. The maximum Gasteiger partial charge on any atom is 0.0574 e. The highest BCUT2D eigenvalue weighted by atomic mass is 15.2. The lowest BCUT2D eigenvalue weighted by atomic mass is 10.1. The molecule has 19 heavy (non-hydrogen) atoms. The molecule has 0 aliphatic heterocycles. The summed E-state index contributed by atoms with van der Waals surface area (Å²) in [6, 6.07) is 5.64. The first kappa shape index (κ1) is 12.9. The van der Waals surface area contributed by atoms with E-state index in [1.807, 2.05) is 7.05 Å². The quantitative estimate of drug-likeness (QED) is 0.815. The molecule has 104 valence electrons. The first-order valence-electron chi connectivity index (χ1n) is 7.71. The molecule has 2 aliphatic carbocycles. The van der Waals surface area contributed by atoms with Crippen molar-refractivity contribution in [2.24, 2.45) is 5.92 Å². The Kier molecular flexibility index (Phi) is 3.74. The highest BCUT2D eigenvalue weighted by Gasteiger charge is 2.33. The van der Waals surface area contributed by atoms with Crippen molar-refractivity contribution in [3.05, 3.63) is 24.0 Å². The average Bonchev–Trinajstić information content (AvgIpc) is 3.31. The van der Waals surface area contributed by atoms with Crippen LogP contribution in [0.3, 0.4) is 0 Å². The predicted octanol–water partition coefficient (Wildman–Crippen LogP) is 3.13. The van der Waals surface area contributed by atoms with Crippen LogP contribution in [0.15, 0.2) is 18.3 Å². The molecule has 0 amide bonds. The summed E-state index contributed by atoms with van der Waals surface area (Å²) >= 11 is 0. The van der Waals surface area contributed by atoms with Gasteiger partial charge in [-0.1, -0.05) is 6.92 Å². The third-order valence-electron chi connectivity index (χ3n) is 4.36. The number of anilines is 1. The first-order chi connectivity index (χ1) is 9.31. The van der Waals surface area contributed by atoms with Crippen molar-refractivity contribution < 1.29 is 0 Å². The smallest absolute Gasteiger partial charge is 0.0574 e. The Morgan fingerprint density at radius 2 is 2.11 bits per heavy atom. The van der Waals surface area contributed by atoms with E-state index in [1.165, 1.54) is 37.9 Å². The maximum atomic E-state index is 4.68. The van der Waals surface area contributed by atoms with Gasteiger partial charge in [0.15, 0.2) is 0 Å². The lowest BCUT2D eigenvalue weighted by Gasteiger charge is -2.25. The molecule has 1 unspecified atom stereocenters. The van der Waals surface area contributed by atoms with Gasteiger partial charge in [-0.25, -0.2) is 0 Å². The van der Waals surface area contributed by atoms with Gasteiger partial charge in [-0.15, -0.1) is 0 Å². The van der Waals surface area contributed by atoms with Crippen molar-refractivity contribution in [1.29, 1.82) is 0 Å². The molecule has 1 atom stereocenters. The van der Waals surface area contributed by atoms with Gasteiger partial charge < -0.3 is 10.2 Å². The average molecular weight is 259 g/mol. The molecule has 2 aliphatic rings. The van der Waals surface area contributed by atoms with Gasteiger partial charge in [-0.3, -0.25) is 4.98 Å². The molecule has 1 aromatic rings. The summed E-state index contributed by atoms with van der Waals surface area (Å²) in [7, 11) is 2.01. The van der Waals surface area contributed by atoms with Crippen LogP contribution in [0.25, 0.3) is 0 Å². The van der Waals surface area contributed by atoms with Crippen molar-refractivity contribution in [2.45, 2.75) is 51.1 Å². The van der Waals surface area contributed by atoms with Gasteiger partial charge in [0.2, 0.25) is 0 Å². The van der Waals surface area contributed by atoms with Crippen LogP contribution in [0.2, 0.25) is 0 Å². The van der Waals surface area contributed by atoms with Crippen LogP contribution in [0.1, 0.15) is 50.8 Å². The summed E-state index contributed by atoms with van der Waals surface area (Å²) in [6.45, 7) is 3.44. The van der Waals surface area contributed by atoms with E-state index < -0.39 is 0 Å². The second-order valence-electron chi connectivity index (χ2n) is 6.02. The van der Waals surface area contributed by atoms with Gasteiger partial charge in [-0.05, 0) is 57.2 Å². The second kappa shape index (κ2) is 5.49. The Morgan fingerprint density at radius 1 is 1.32 bits per heavy atom. The van der Waals surface area contributed by atoms with Crippen molar-refractivity contribution in [3.63, 3.8) is 0 Å². The highest BCUT2D eigenvalue weighted by molar-refractivity contribution is 5.47. The SMILES string of the molecule is CCC(NC)c1ccc(N(CC2CC2)C2CC2)cn1. The van der Waals surface area contributed by atoms with Crippen molar-refractivity contribution >= 4 is 5.69 Å². The van der Waals surface area contributed by atoms with E-state index in [-0.39, 0.29) is 0 Å². The summed E-state index contributed by atoms with van der Waals surface area (Å²) in [6.07, 6.45) is 8.73. The zero-order chi connectivity index (χ0) is 13.2. The molecule has 0 bridgehead atoms. The third-order valence-corrected chi connectivity index (χ3v) is 4.36. The third kappa shape index (κ3) is 3.08. The topological polar surface area (TPSA) is 28.2 Å². The normalized spacial score (nSPS) is 20.3. The first-order valence-corrected chi connectivity index (χ1v) is 7.71. The second-order valence-corrected chi connectivity index (χ2v) is 6.02. The number of nitrogens with one attached hydrogen (secondary N) is 1. The minimum absolute atomic E-state index is 0.381. The van der Waals surface area contributed by atoms with E-state index in [0.29, 0.717) is 6.04 Å². The van der Waals surface area contributed by atoms with Crippen molar-refractivity contribution in [2.75, 3.05) is 18.5 Å². The molecule has 0 radical (unpaired) electrons. The molecule has 2 fully saturated rings. The number of pyridine rings is 1. The van der Waals surface area contributed by atoms with E-state index >= 15 is 0 Å². The van der Waals surface area contributed by atoms with E-state index in [4.69, 9.17) is 0 Å². The monoisotopic (exact) mass is 259 g/mol. The van der Waals surface area contributed by atoms with Gasteiger partial charge >= 0.3 is 0 Å². The minimum atomic E-state index is 0.381. The van der Waals surface area contributed by atoms with Gasteiger partial charge in [0.05, 0.1) is 17.6 Å². The van der Waals surface area contributed by atoms with Crippen LogP contribution in [0.5, 0.6) is 0 Å². The number of hydrogen-bond acceptors (Lipinski definition) is 3. The lowest BCUT2D eigenvalue weighted by molar-refractivity contribution is 0.561. The summed E-state index contributed by atoms with van der Waals surface area (Å²) < 4.78 is 0. The summed E-state index contributed by atoms with van der Waals surface area (Å²) in [4.78, 5) is 7.27. The van der Waals surface area contributed by atoms with Crippen LogP contribution < -0.4 is 10.2 Å². The highest BCUT2D eigenvalue weighted by Crippen LogP contribution is 2.37. The maximum absolute atomic E-state index is 4.68. The van der Waals surface area contributed by atoms with Crippen LogP contribution in [0.4, 0.5) is 5.69 Å². The molecule has 1 N–H and O–H groups in total. The van der Waals surface area contributed by atoms with Gasteiger partial charge in [0.1, 0.15) is 0 Å². The Morgan fingerprint density at radius 3 is 2.58 bits per heavy atom. The Bertz CT molecular complexity index is 403. The molecule has 1 aromatic heterocycles. The van der Waals surface area contributed by atoms with Crippen molar-refractivity contribution in [3.8, 4) is 0 Å². The Hall–Kier alpha value is -1.09. The number of nitrogens with zero attached hydrogens (tertiary/aromatic N) is 2. The summed E-state index contributed by atoms with van der Waals surface area (Å²) in [5.41, 5.74) is 2.49. The molecule has 0 saturated heterocycles. The Labute approximate surface area is 116 Å². The van der Waals surface area contributed by atoms with Crippen LogP contribution in [-0.2, 0) is 0 Å². The Balaban J connectivity index is 1.72. The standard InChI is InChI=1S/C16H25N3/c1-3-15(17-2)16-9-8-14(10-18-16)19(13-6-7-13)11-12-4-5-12/h8-10,12-13,15,17H,3-7,11H2,1-2H3. The predicted molar refractivity (Wildman–Crippen MR) is 79.4 cm³/mol. The van der Waals surface area contributed by atoms with Crippen LogP contribution in [0, 0.1) is 5.92 Å².